The number of aromatic hydroxyl groups is 1. The van der Waals surface area contributed by atoms with Crippen LogP contribution < -0.4 is 20.6 Å². The molecule has 0 aliphatic carbocycles. The molecular formula is C29H24N4O7. The summed E-state index contributed by atoms with van der Waals surface area (Å²) in [4.78, 5) is 51.7. The molecule has 0 radical (unpaired) electrons. The van der Waals surface area contributed by atoms with E-state index >= 15 is 0 Å². The number of pyridine rings is 1. The predicted molar refractivity (Wildman–Crippen MR) is 147 cm³/mol. The minimum atomic E-state index is -0.576. The number of rotatable bonds is 7. The second kappa shape index (κ2) is 11.1. The molecule has 11 nitrogen and oxygen atoms in total. The standard InChI is InChI=1S/C29H24N4O7/c1-2-39-29(38)18-11-13-19(14-12-18)33-27(36)21-8-4-3-7-20(21)22(28(33)37)15-30-31-25(34)16-32-23-9-5-6-10-24(23)40-17-26(32)35/h3-15,37H,2,16-17H2,1H3,(H,31,34)/b30-15+. The molecule has 0 saturated carbocycles. The normalized spacial score (nSPS) is 12.7. The fraction of sp³-hybridized carbons (Fsp3) is 0.138. The molecule has 202 valence electrons. The molecule has 1 aromatic heterocycles. The van der Waals surface area contributed by atoms with Crippen molar-refractivity contribution in [1.29, 1.82) is 0 Å². The molecule has 2 heterocycles. The molecule has 5 rings (SSSR count). The first kappa shape index (κ1) is 26.2. The van der Waals surface area contributed by atoms with Gasteiger partial charge in [0.15, 0.2) is 6.61 Å². The highest BCUT2D eigenvalue weighted by molar-refractivity contribution is 6.03. The minimum absolute atomic E-state index is 0.178. The van der Waals surface area contributed by atoms with Gasteiger partial charge in [0.2, 0.25) is 5.88 Å². The first-order valence-corrected chi connectivity index (χ1v) is 12.4. The van der Waals surface area contributed by atoms with Gasteiger partial charge in [-0.25, -0.2) is 14.8 Å². The highest BCUT2D eigenvalue weighted by Gasteiger charge is 2.27. The maximum Gasteiger partial charge on any atom is 0.338 e. The summed E-state index contributed by atoms with van der Waals surface area (Å²) in [5, 5.41) is 15.9. The fourth-order valence-corrected chi connectivity index (χ4v) is 4.36. The summed E-state index contributed by atoms with van der Waals surface area (Å²) in [6.07, 6.45) is 1.23. The van der Waals surface area contributed by atoms with Crippen molar-refractivity contribution in [2.24, 2.45) is 5.10 Å². The fourth-order valence-electron chi connectivity index (χ4n) is 4.36. The lowest BCUT2D eigenvalue weighted by Gasteiger charge is -2.28. The number of fused-ring (bicyclic) bond motifs is 2. The average molecular weight is 541 g/mol. The molecule has 0 bridgehead atoms. The van der Waals surface area contributed by atoms with Gasteiger partial charge in [0.05, 0.1) is 35.3 Å². The number of anilines is 1. The number of hydrazone groups is 1. The van der Waals surface area contributed by atoms with Gasteiger partial charge in [-0.05, 0) is 49.4 Å². The molecule has 3 aromatic carbocycles. The Balaban J connectivity index is 1.43. The Bertz CT molecular complexity index is 1710. The number of benzene rings is 3. The lowest BCUT2D eigenvalue weighted by atomic mass is 10.1. The number of hydrogen-bond donors (Lipinski definition) is 2. The zero-order valence-corrected chi connectivity index (χ0v) is 21.4. The van der Waals surface area contributed by atoms with Crippen molar-refractivity contribution in [3.8, 4) is 17.3 Å². The number of esters is 1. The van der Waals surface area contributed by atoms with Crippen molar-refractivity contribution in [1.82, 2.24) is 9.99 Å². The second-order valence-electron chi connectivity index (χ2n) is 8.72. The van der Waals surface area contributed by atoms with Crippen LogP contribution in [0.3, 0.4) is 0 Å². The van der Waals surface area contributed by atoms with Crippen LogP contribution in [0.2, 0.25) is 0 Å². The molecule has 2 amide bonds. The van der Waals surface area contributed by atoms with Crippen molar-refractivity contribution in [2.45, 2.75) is 6.92 Å². The first-order chi connectivity index (χ1) is 19.4. The summed E-state index contributed by atoms with van der Waals surface area (Å²) in [5.74, 6) is -1.37. The third kappa shape index (κ3) is 4.99. The van der Waals surface area contributed by atoms with Crippen molar-refractivity contribution in [2.75, 3.05) is 24.7 Å². The van der Waals surface area contributed by atoms with Crippen LogP contribution in [-0.4, -0.2) is 53.4 Å². The molecular weight excluding hydrogens is 516 g/mol. The molecule has 40 heavy (non-hydrogen) atoms. The van der Waals surface area contributed by atoms with Gasteiger partial charge in [-0.15, -0.1) is 0 Å². The van der Waals surface area contributed by atoms with Gasteiger partial charge in [-0.3, -0.25) is 19.3 Å². The Hall–Kier alpha value is -5.45. The summed E-state index contributed by atoms with van der Waals surface area (Å²) < 4.78 is 11.5. The number of carbonyl (C=O) groups excluding carboxylic acids is 3. The topological polar surface area (TPSA) is 140 Å². The van der Waals surface area contributed by atoms with Crippen LogP contribution in [0.1, 0.15) is 22.8 Å². The molecule has 11 heteroatoms. The zero-order valence-electron chi connectivity index (χ0n) is 21.4. The van der Waals surface area contributed by atoms with Gasteiger partial charge in [-0.2, -0.15) is 5.10 Å². The minimum Gasteiger partial charge on any atom is -0.494 e. The molecule has 1 aliphatic heterocycles. The van der Waals surface area contributed by atoms with Crippen LogP contribution in [0.25, 0.3) is 16.5 Å². The van der Waals surface area contributed by atoms with Crippen LogP contribution >= 0.6 is 0 Å². The molecule has 4 aromatic rings. The van der Waals surface area contributed by atoms with E-state index in [4.69, 9.17) is 9.47 Å². The smallest absolute Gasteiger partial charge is 0.338 e. The predicted octanol–water partition coefficient (Wildman–Crippen LogP) is 2.75. The maximum atomic E-state index is 13.3. The van der Waals surface area contributed by atoms with E-state index in [2.05, 4.69) is 10.5 Å². The highest BCUT2D eigenvalue weighted by atomic mass is 16.5. The molecule has 0 saturated heterocycles. The summed E-state index contributed by atoms with van der Waals surface area (Å²) in [6.45, 7) is 1.44. The van der Waals surface area contributed by atoms with Crippen LogP contribution in [0, 0.1) is 0 Å². The first-order valence-electron chi connectivity index (χ1n) is 12.4. The third-order valence-corrected chi connectivity index (χ3v) is 6.23. The number of ether oxygens (including phenoxy) is 2. The Morgan fingerprint density at radius 2 is 1.73 bits per heavy atom. The Labute approximate surface area is 227 Å². The van der Waals surface area contributed by atoms with E-state index in [0.717, 1.165) is 4.57 Å². The van der Waals surface area contributed by atoms with Crippen LogP contribution in [0.4, 0.5) is 5.69 Å². The van der Waals surface area contributed by atoms with Crippen LogP contribution in [0.15, 0.2) is 82.7 Å². The number of carbonyl (C=O) groups is 3. The number of para-hydroxylation sites is 2. The van der Waals surface area contributed by atoms with Gasteiger partial charge in [-0.1, -0.05) is 30.3 Å². The SMILES string of the molecule is CCOC(=O)c1ccc(-n2c(O)c(/C=N/NC(=O)CN3C(=O)COc4ccccc43)c3ccccc3c2=O)cc1. The van der Waals surface area contributed by atoms with E-state index in [0.29, 0.717) is 33.5 Å². The number of aromatic nitrogens is 1. The number of nitrogens with zero attached hydrogens (tertiary/aromatic N) is 3. The van der Waals surface area contributed by atoms with Crippen LogP contribution in [0.5, 0.6) is 11.6 Å². The summed E-state index contributed by atoms with van der Waals surface area (Å²) in [6, 6.07) is 19.6. The van der Waals surface area contributed by atoms with Gasteiger partial charge < -0.3 is 14.6 Å². The molecule has 0 unspecified atom stereocenters. The van der Waals surface area contributed by atoms with Gasteiger partial charge in [0, 0.05) is 10.8 Å². The Kier molecular flexibility index (Phi) is 7.27. The summed E-state index contributed by atoms with van der Waals surface area (Å²) in [5.41, 5.74) is 3.15. The van der Waals surface area contributed by atoms with E-state index in [1.54, 1.807) is 55.5 Å². The van der Waals surface area contributed by atoms with E-state index in [-0.39, 0.29) is 31.2 Å². The van der Waals surface area contributed by atoms with E-state index in [1.165, 1.54) is 35.4 Å². The lowest BCUT2D eigenvalue weighted by Crippen LogP contribution is -2.44. The third-order valence-electron chi connectivity index (χ3n) is 6.23. The average Bonchev–Trinajstić information content (AvgIpc) is 2.97. The summed E-state index contributed by atoms with van der Waals surface area (Å²) in [7, 11) is 0. The van der Waals surface area contributed by atoms with E-state index in [1.807, 2.05) is 0 Å². The van der Waals surface area contributed by atoms with Crippen molar-refractivity contribution in [3.63, 3.8) is 0 Å². The van der Waals surface area contributed by atoms with Gasteiger partial charge >= 0.3 is 5.97 Å². The largest absolute Gasteiger partial charge is 0.494 e. The Morgan fingerprint density at radius 3 is 2.48 bits per heavy atom. The highest BCUT2D eigenvalue weighted by Crippen LogP contribution is 2.31. The van der Waals surface area contributed by atoms with Crippen LogP contribution in [-0.2, 0) is 14.3 Å². The number of hydrogen-bond acceptors (Lipinski definition) is 8. The second-order valence-corrected chi connectivity index (χ2v) is 8.72. The number of nitrogens with one attached hydrogen (secondary N) is 1. The van der Waals surface area contributed by atoms with Crippen molar-refractivity contribution >= 4 is 40.5 Å². The molecule has 0 spiro atoms. The number of amides is 2. The maximum absolute atomic E-state index is 13.3. The molecule has 0 fully saturated rings. The monoisotopic (exact) mass is 540 g/mol. The summed E-state index contributed by atoms with van der Waals surface area (Å²) >= 11 is 0. The lowest BCUT2D eigenvalue weighted by molar-refractivity contribution is -0.125. The zero-order chi connectivity index (χ0) is 28.2. The van der Waals surface area contributed by atoms with Crippen molar-refractivity contribution in [3.05, 3.63) is 94.3 Å². The molecule has 0 atom stereocenters. The van der Waals surface area contributed by atoms with E-state index < -0.39 is 23.3 Å². The van der Waals surface area contributed by atoms with Gasteiger partial charge in [0.25, 0.3) is 17.4 Å². The quantitative estimate of drug-likeness (QED) is 0.209. The molecule has 1 aliphatic rings. The van der Waals surface area contributed by atoms with Gasteiger partial charge in [0.1, 0.15) is 12.3 Å². The van der Waals surface area contributed by atoms with Crippen molar-refractivity contribution < 1.29 is 29.0 Å². The Morgan fingerprint density at radius 1 is 1.02 bits per heavy atom. The van der Waals surface area contributed by atoms with E-state index in [9.17, 15) is 24.3 Å². The molecule has 2 N–H and O–H groups in total.